The number of unbranched alkanes of at least 4 members (excludes halogenated alkanes) is 8. The first kappa shape index (κ1) is 67.6. The van der Waals surface area contributed by atoms with Crippen LogP contribution in [0.3, 0.4) is 0 Å². The third kappa shape index (κ3) is 9.86. The Kier molecular flexibility index (Phi) is 15.4. The molecule has 0 saturated carbocycles. The number of rotatable bonds is 18. The van der Waals surface area contributed by atoms with E-state index in [-0.39, 0.29) is 27.1 Å². The minimum absolute atomic E-state index is 0.0455. The molecule has 5 aliphatic rings. The van der Waals surface area contributed by atoms with Crippen molar-refractivity contribution < 1.29 is 8.83 Å². The maximum Gasteiger partial charge on any atom is 0.144 e. The first-order valence-corrected chi connectivity index (χ1v) is 40.8. The molecule has 2 heterocycles. The average Bonchev–Trinajstić information content (AvgIpc) is 1.48. The van der Waals surface area contributed by atoms with Gasteiger partial charge in [-0.3, -0.25) is 0 Å². The van der Waals surface area contributed by atoms with E-state index in [9.17, 15) is 0 Å². The maximum atomic E-state index is 7.14. The van der Waals surface area contributed by atoms with Crippen LogP contribution in [0.2, 0.25) is 0 Å². The Morgan fingerprint density at radius 3 is 1.34 bits per heavy atom. The Labute approximate surface area is 643 Å². The van der Waals surface area contributed by atoms with Crippen molar-refractivity contribution in [3.8, 4) is 89.0 Å². The van der Waals surface area contributed by atoms with Crippen molar-refractivity contribution in [1.82, 2.24) is 0 Å². The zero-order chi connectivity index (χ0) is 74.2. The molecular formula is C106H97NO2. The number of aryl methyl sites for hydroxylation is 1. The summed E-state index contributed by atoms with van der Waals surface area (Å²) in [6, 6.07) is 93.3. The fraction of sp³-hybridized carbons (Fsp3) is 0.264. The third-order valence-corrected chi connectivity index (χ3v) is 27.2. The van der Waals surface area contributed by atoms with Crippen molar-refractivity contribution in [3.63, 3.8) is 0 Å². The monoisotopic (exact) mass is 1420 g/mol. The summed E-state index contributed by atoms with van der Waals surface area (Å²) in [5.74, 6) is 0. The van der Waals surface area contributed by atoms with Crippen molar-refractivity contribution in [2.75, 3.05) is 4.90 Å². The highest BCUT2D eigenvalue weighted by atomic mass is 16.3. The highest BCUT2D eigenvalue weighted by molar-refractivity contribution is 6.22. The van der Waals surface area contributed by atoms with Crippen molar-refractivity contribution >= 4 is 60.9 Å². The van der Waals surface area contributed by atoms with E-state index in [2.05, 4.69) is 324 Å². The van der Waals surface area contributed by atoms with E-state index in [1.165, 1.54) is 221 Å². The van der Waals surface area contributed by atoms with E-state index in [1.54, 1.807) is 11.1 Å². The van der Waals surface area contributed by atoms with Crippen LogP contribution >= 0.6 is 0 Å². The van der Waals surface area contributed by atoms with Gasteiger partial charge in [0.25, 0.3) is 0 Å². The Morgan fingerprint density at radius 2 is 0.716 bits per heavy atom. The zero-order valence-electron chi connectivity index (χ0n) is 65.3. The molecule has 5 aliphatic carbocycles. The highest BCUT2D eigenvalue weighted by Crippen LogP contribution is 2.65. The lowest BCUT2D eigenvalue weighted by atomic mass is 9.70. The van der Waals surface area contributed by atoms with Gasteiger partial charge < -0.3 is 13.7 Å². The minimum atomic E-state index is -0.375. The Balaban J connectivity index is 0.637. The lowest BCUT2D eigenvalue weighted by molar-refractivity contribution is 0.399. The van der Waals surface area contributed by atoms with Crippen LogP contribution in [0.25, 0.3) is 133 Å². The second-order valence-electron chi connectivity index (χ2n) is 34.9. The predicted molar refractivity (Wildman–Crippen MR) is 460 cm³/mol. The van der Waals surface area contributed by atoms with E-state index in [0.717, 1.165) is 55.9 Å². The molecule has 0 fully saturated rings. The standard InChI is InChI=1S/C106H97NO2/c1-12-14-16-18-30-56-106(57-31-19-17-15-13-2)83-38-26-21-33-72(83)75-53-48-69(60-88(75)106)68-47-52-74-73-51-46-67(58-84(73)102(4,5)85(74)59-68)65-42-44-66(45-43-65)81-63-89-93(95-79-35-23-28-40-91(79)108-100(81)95)77-54-49-70(61-86(77)103(89,6)7)107(90-39-27-20-32-64(90)3)71-50-55-78-87(62-71)105(10,11)98-94(78)96-80-36-24-29-41-92(80)109-101(96)97-76-34-22-25-37-82(76)104(8,9)99(97)98/h20-29,32-55,58-63H,12-19,30-31,56-57H2,1-11H3. The average molecular weight is 1420 g/mol. The van der Waals surface area contributed by atoms with Gasteiger partial charge in [0.15, 0.2) is 0 Å². The van der Waals surface area contributed by atoms with Gasteiger partial charge in [0.1, 0.15) is 22.3 Å². The van der Waals surface area contributed by atoms with Gasteiger partial charge in [-0.15, -0.1) is 0 Å². The summed E-state index contributed by atoms with van der Waals surface area (Å²) in [5.41, 5.74) is 41.9. The summed E-state index contributed by atoms with van der Waals surface area (Å²) in [6.45, 7) is 26.5. The van der Waals surface area contributed by atoms with E-state index < -0.39 is 0 Å². The molecule has 0 radical (unpaired) electrons. The summed E-state index contributed by atoms with van der Waals surface area (Å²) in [6.07, 6.45) is 15.5. The Hall–Kier alpha value is -10.7. The van der Waals surface area contributed by atoms with Gasteiger partial charge in [-0.1, -0.05) is 309 Å². The first-order valence-electron chi connectivity index (χ1n) is 40.8. The molecule has 538 valence electrons. The fourth-order valence-electron chi connectivity index (χ4n) is 21.6. The molecule has 0 amide bonds. The molecule has 0 N–H and O–H groups in total. The van der Waals surface area contributed by atoms with Crippen LogP contribution in [-0.2, 0) is 27.1 Å². The topological polar surface area (TPSA) is 29.5 Å². The van der Waals surface area contributed by atoms with Crippen LogP contribution in [0, 0.1) is 6.92 Å². The lowest BCUT2D eigenvalue weighted by Crippen LogP contribution is -2.25. The van der Waals surface area contributed by atoms with Gasteiger partial charge in [-0.25, -0.2) is 0 Å². The van der Waals surface area contributed by atoms with Crippen LogP contribution in [0.5, 0.6) is 0 Å². The van der Waals surface area contributed by atoms with E-state index >= 15 is 0 Å². The highest BCUT2D eigenvalue weighted by Gasteiger charge is 2.50. The van der Waals surface area contributed by atoms with E-state index in [0.29, 0.717) is 0 Å². The smallest absolute Gasteiger partial charge is 0.144 e. The summed E-state index contributed by atoms with van der Waals surface area (Å²) >= 11 is 0. The third-order valence-electron chi connectivity index (χ3n) is 27.2. The number of fused-ring (bicyclic) bond motifs is 25. The molecule has 15 aromatic rings. The van der Waals surface area contributed by atoms with Crippen LogP contribution in [0.1, 0.15) is 207 Å². The molecule has 0 atom stereocenters. The van der Waals surface area contributed by atoms with Crippen LogP contribution in [0.15, 0.2) is 251 Å². The van der Waals surface area contributed by atoms with Crippen molar-refractivity contribution in [2.24, 2.45) is 0 Å². The molecule has 0 aliphatic heterocycles. The Morgan fingerprint density at radius 1 is 0.294 bits per heavy atom. The number of hydrogen-bond donors (Lipinski definition) is 0. The number of furan rings is 2. The van der Waals surface area contributed by atoms with Gasteiger partial charge >= 0.3 is 0 Å². The first-order chi connectivity index (χ1) is 52.9. The normalized spacial score (nSPS) is 15.6. The van der Waals surface area contributed by atoms with Gasteiger partial charge in [0.05, 0.1) is 0 Å². The van der Waals surface area contributed by atoms with Gasteiger partial charge in [0.2, 0.25) is 0 Å². The van der Waals surface area contributed by atoms with Crippen LogP contribution < -0.4 is 4.90 Å². The molecule has 0 bridgehead atoms. The van der Waals surface area contributed by atoms with E-state index in [1.807, 2.05) is 0 Å². The largest absolute Gasteiger partial charge is 0.455 e. The molecule has 3 heteroatoms. The number of nitrogens with zero attached hydrogens (tertiary/aromatic N) is 1. The molecule has 13 aromatic carbocycles. The molecule has 3 nitrogen and oxygen atoms in total. The Bertz CT molecular complexity index is 6280. The summed E-state index contributed by atoms with van der Waals surface area (Å²) in [5, 5.41) is 4.71. The lowest BCUT2D eigenvalue weighted by Gasteiger charge is -2.33. The summed E-state index contributed by atoms with van der Waals surface area (Å²) < 4.78 is 14.2. The maximum absolute atomic E-state index is 7.14. The predicted octanol–water partition coefficient (Wildman–Crippen LogP) is 30.5. The van der Waals surface area contributed by atoms with Crippen molar-refractivity contribution in [3.05, 3.63) is 304 Å². The van der Waals surface area contributed by atoms with E-state index in [4.69, 9.17) is 8.83 Å². The zero-order valence-corrected chi connectivity index (χ0v) is 65.3. The molecule has 109 heavy (non-hydrogen) atoms. The number of benzene rings is 13. The number of para-hydroxylation sites is 3. The second-order valence-corrected chi connectivity index (χ2v) is 34.9. The molecule has 0 saturated heterocycles. The van der Waals surface area contributed by atoms with Gasteiger partial charge in [-0.05, 0) is 226 Å². The number of anilines is 3. The van der Waals surface area contributed by atoms with Crippen molar-refractivity contribution in [1.29, 1.82) is 0 Å². The molecule has 0 spiro atoms. The fourth-order valence-corrected chi connectivity index (χ4v) is 21.6. The van der Waals surface area contributed by atoms with Crippen LogP contribution in [0.4, 0.5) is 17.1 Å². The quantitative estimate of drug-likeness (QED) is 0.0802. The van der Waals surface area contributed by atoms with Gasteiger partial charge in [-0.2, -0.15) is 0 Å². The SMILES string of the molecule is CCCCCCCC1(CCCCCCC)c2ccccc2-c2ccc(-c3ccc4c(c3)C(C)(C)c3cc(-c5ccc(-c6cc7c(c8c6oc6ccccc68)-c6ccc(N(c8ccc9c(c8)C(C)(C)c8c%10c(c%11oc%12ccccc%12c%11c8-9)-c8ccccc8C%10(C)C)c8ccccc8C)cc6C7(C)C)cc5)ccc3-4)cc21. The van der Waals surface area contributed by atoms with Gasteiger partial charge in [0, 0.05) is 76.8 Å². The molecule has 0 unspecified atom stereocenters. The minimum Gasteiger partial charge on any atom is -0.455 e. The molecule has 2 aromatic heterocycles. The summed E-state index contributed by atoms with van der Waals surface area (Å²) in [7, 11) is 0. The molecular weight excluding hydrogens is 1320 g/mol. The number of hydrogen-bond acceptors (Lipinski definition) is 3. The second kappa shape index (κ2) is 24.9. The molecule has 20 rings (SSSR count). The summed E-state index contributed by atoms with van der Waals surface area (Å²) in [4.78, 5) is 2.53. The van der Waals surface area contributed by atoms with Crippen molar-refractivity contribution in [2.45, 2.75) is 180 Å². The van der Waals surface area contributed by atoms with Crippen LogP contribution in [-0.4, -0.2) is 0 Å².